The topological polar surface area (TPSA) is 77.3 Å². The number of pyridine rings is 1. The lowest BCUT2D eigenvalue weighted by Crippen LogP contribution is -2.41. The molecule has 0 atom stereocenters. The normalized spacial score (nSPS) is 15.7. The maximum atomic E-state index is 12.8. The van der Waals surface area contributed by atoms with Crippen molar-refractivity contribution in [1.82, 2.24) is 14.5 Å². The van der Waals surface area contributed by atoms with Gasteiger partial charge in [0.2, 0.25) is 0 Å². The van der Waals surface area contributed by atoms with Gasteiger partial charge >= 0.3 is 5.97 Å². The van der Waals surface area contributed by atoms with Crippen LogP contribution in [0.1, 0.15) is 26.7 Å². The number of hydrogen-bond donors (Lipinski definition) is 0. The van der Waals surface area contributed by atoms with E-state index < -0.39 is 0 Å². The highest BCUT2D eigenvalue weighted by Crippen LogP contribution is 2.22. The molecular weight excluding hydrogens is 308 g/mol. The number of carbonyl (C=O) groups excluding carboxylic acids is 1. The molecule has 0 unspecified atom stereocenters. The molecule has 0 N–H and O–H groups in total. The van der Waals surface area contributed by atoms with Crippen molar-refractivity contribution in [2.45, 2.75) is 33.2 Å². The second kappa shape index (κ2) is 6.98. The van der Waals surface area contributed by atoms with Crippen molar-refractivity contribution in [3.63, 3.8) is 0 Å². The number of ether oxygens (including phenoxy) is 1. The van der Waals surface area contributed by atoms with Gasteiger partial charge in [-0.25, -0.2) is 9.97 Å². The maximum absolute atomic E-state index is 12.8. The lowest BCUT2D eigenvalue weighted by atomic mass is 9.97. The minimum Gasteiger partial charge on any atom is -0.466 e. The summed E-state index contributed by atoms with van der Waals surface area (Å²) in [5, 5.41) is 0. The molecule has 0 aromatic carbocycles. The molecule has 0 spiro atoms. The Morgan fingerprint density at radius 3 is 2.75 bits per heavy atom. The van der Waals surface area contributed by atoms with Gasteiger partial charge in [0.1, 0.15) is 5.52 Å². The average Bonchev–Trinajstić information content (AvgIpc) is 2.61. The first-order chi connectivity index (χ1) is 11.7. The van der Waals surface area contributed by atoms with Gasteiger partial charge < -0.3 is 9.64 Å². The van der Waals surface area contributed by atoms with Gasteiger partial charge in [-0.3, -0.25) is 14.2 Å². The van der Waals surface area contributed by atoms with Crippen molar-refractivity contribution in [2.24, 2.45) is 5.92 Å². The van der Waals surface area contributed by atoms with Crippen LogP contribution in [0.5, 0.6) is 0 Å². The first kappa shape index (κ1) is 16.4. The summed E-state index contributed by atoms with van der Waals surface area (Å²) in [4.78, 5) is 35.4. The number of carbonyl (C=O) groups is 1. The van der Waals surface area contributed by atoms with Crippen molar-refractivity contribution in [3.8, 4) is 0 Å². The molecule has 7 heteroatoms. The monoisotopic (exact) mass is 330 g/mol. The molecule has 0 aliphatic carbocycles. The van der Waals surface area contributed by atoms with Crippen molar-refractivity contribution in [1.29, 1.82) is 0 Å². The first-order valence-electron chi connectivity index (χ1n) is 8.42. The van der Waals surface area contributed by atoms with Crippen molar-refractivity contribution in [2.75, 3.05) is 24.6 Å². The average molecular weight is 330 g/mol. The molecule has 3 heterocycles. The number of esters is 1. The third kappa shape index (κ3) is 2.98. The number of anilines is 1. The Morgan fingerprint density at radius 1 is 1.33 bits per heavy atom. The van der Waals surface area contributed by atoms with E-state index in [2.05, 4.69) is 9.97 Å². The minimum atomic E-state index is -0.140. The summed E-state index contributed by atoms with van der Waals surface area (Å²) in [7, 11) is 0. The standard InChI is InChI=1S/C17H22N4O3/c1-3-21-14-13(6-5-9-18-14)19-15(16(21)22)20-10-7-12(8-11-20)17(23)24-4-2/h5-6,9,12H,3-4,7-8,10-11H2,1-2H3. The highest BCUT2D eigenvalue weighted by Gasteiger charge is 2.28. The fourth-order valence-electron chi connectivity index (χ4n) is 3.15. The smallest absolute Gasteiger partial charge is 0.309 e. The van der Waals surface area contributed by atoms with E-state index in [1.165, 1.54) is 0 Å². The number of aryl methyl sites for hydroxylation is 1. The van der Waals surface area contributed by atoms with Crippen LogP contribution in [0.2, 0.25) is 0 Å². The maximum Gasteiger partial charge on any atom is 0.309 e. The zero-order chi connectivity index (χ0) is 17.1. The van der Waals surface area contributed by atoms with Gasteiger partial charge in [-0.1, -0.05) is 0 Å². The fraction of sp³-hybridized carbons (Fsp3) is 0.529. The molecule has 2 aromatic heterocycles. The fourth-order valence-corrected chi connectivity index (χ4v) is 3.15. The SMILES string of the molecule is CCOC(=O)C1CCN(c2nc3cccnc3n(CC)c2=O)CC1. The lowest BCUT2D eigenvalue weighted by Gasteiger charge is -2.31. The molecule has 1 aliphatic rings. The van der Waals surface area contributed by atoms with Gasteiger partial charge in [0.05, 0.1) is 12.5 Å². The van der Waals surface area contributed by atoms with Crippen LogP contribution in [0, 0.1) is 5.92 Å². The van der Waals surface area contributed by atoms with E-state index in [1.807, 2.05) is 30.9 Å². The molecule has 2 aromatic rings. The minimum absolute atomic E-state index is 0.0864. The molecule has 0 amide bonds. The Labute approximate surface area is 140 Å². The molecule has 3 rings (SSSR count). The Morgan fingerprint density at radius 2 is 2.08 bits per heavy atom. The molecule has 7 nitrogen and oxygen atoms in total. The van der Waals surface area contributed by atoms with Crippen LogP contribution in [-0.2, 0) is 16.1 Å². The first-order valence-corrected chi connectivity index (χ1v) is 8.42. The Hall–Kier alpha value is -2.44. The molecule has 0 bridgehead atoms. The van der Waals surface area contributed by atoms with Crippen molar-refractivity contribution >= 4 is 23.0 Å². The zero-order valence-electron chi connectivity index (χ0n) is 14.1. The predicted octanol–water partition coefficient (Wildman–Crippen LogP) is 1.59. The Bertz CT molecular complexity index is 794. The number of aromatic nitrogens is 3. The second-order valence-corrected chi connectivity index (χ2v) is 5.84. The summed E-state index contributed by atoms with van der Waals surface area (Å²) >= 11 is 0. The third-order valence-electron chi connectivity index (χ3n) is 4.42. The number of rotatable bonds is 4. The van der Waals surface area contributed by atoms with E-state index in [9.17, 15) is 9.59 Å². The van der Waals surface area contributed by atoms with Gasteiger partial charge in [-0.2, -0.15) is 0 Å². The van der Waals surface area contributed by atoms with Crippen molar-refractivity contribution in [3.05, 3.63) is 28.7 Å². The van der Waals surface area contributed by atoms with Crippen LogP contribution < -0.4 is 10.5 Å². The van der Waals surface area contributed by atoms with E-state index in [0.29, 0.717) is 56.1 Å². The zero-order valence-corrected chi connectivity index (χ0v) is 14.1. The molecule has 0 saturated carbocycles. The molecular formula is C17H22N4O3. The van der Waals surface area contributed by atoms with Crippen molar-refractivity contribution < 1.29 is 9.53 Å². The molecule has 24 heavy (non-hydrogen) atoms. The predicted molar refractivity (Wildman–Crippen MR) is 91.0 cm³/mol. The van der Waals surface area contributed by atoms with E-state index >= 15 is 0 Å². The van der Waals surface area contributed by atoms with Crippen LogP contribution in [0.4, 0.5) is 5.82 Å². The molecule has 1 saturated heterocycles. The highest BCUT2D eigenvalue weighted by molar-refractivity contribution is 5.73. The summed E-state index contributed by atoms with van der Waals surface area (Å²) in [6, 6.07) is 3.68. The number of fused-ring (bicyclic) bond motifs is 1. The third-order valence-corrected chi connectivity index (χ3v) is 4.42. The summed E-state index contributed by atoms with van der Waals surface area (Å²) in [5.74, 6) is 0.218. The summed E-state index contributed by atoms with van der Waals surface area (Å²) in [5.41, 5.74) is 1.19. The van der Waals surface area contributed by atoms with Crippen LogP contribution in [-0.4, -0.2) is 40.2 Å². The van der Waals surface area contributed by atoms with E-state index in [-0.39, 0.29) is 17.4 Å². The molecule has 0 radical (unpaired) electrons. The lowest BCUT2D eigenvalue weighted by molar-refractivity contribution is -0.148. The summed E-state index contributed by atoms with van der Waals surface area (Å²) in [6.45, 7) is 5.93. The molecule has 128 valence electrons. The van der Waals surface area contributed by atoms with E-state index in [4.69, 9.17) is 4.74 Å². The second-order valence-electron chi connectivity index (χ2n) is 5.84. The molecule has 1 aliphatic heterocycles. The van der Waals surface area contributed by atoms with Gasteiger partial charge in [0.15, 0.2) is 11.5 Å². The Kier molecular flexibility index (Phi) is 4.78. The van der Waals surface area contributed by atoms with Crippen LogP contribution in [0.15, 0.2) is 23.1 Å². The Balaban J connectivity index is 1.87. The van der Waals surface area contributed by atoms with Gasteiger partial charge in [0.25, 0.3) is 5.56 Å². The summed E-state index contributed by atoms with van der Waals surface area (Å²) < 4.78 is 6.74. The van der Waals surface area contributed by atoms with Gasteiger partial charge in [-0.05, 0) is 38.8 Å². The number of nitrogens with zero attached hydrogens (tertiary/aromatic N) is 4. The quantitative estimate of drug-likeness (QED) is 0.792. The largest absolute Gasteiger partial charge is 0.466 e. The van der Waals surface area contributed by atoms with Gasteiger partial charge in [0, 0.05) is 25.8 Å². The van der Waals surface area contributed by atoms with Crippen LogP contribution >= 0.6 is 0 Å². The van der Waals surface area contributed by atoms with E-state index in [1.54, 1.807) is 10.8 Å². The van der Waals surface area contributed by atoms with Crippen LogP contribution in [0.3, 0.4) is 0 Å². The van der Waals surface area contributed by atoms with Gasteiger partial charge in [-0.15, -0.1) is 0 Å². The molecule has 1 fully saturated rings. The summed E-state index contributed by atoms with van der Waals surface area (Å²) in [6.07, 6.45) is 3.02. The number of piperidine rings is 1. The number of hydrogen-bond acceptors (Lipinski definition) is 6. The van der Waals surface area contributed by atoms with E-state index in [0.717, 1.165) is 0 Å². The van der Waals surface area contributed by atoms with Crippen LogP contribution in [0.25, 0.3) is 11.2 Å². The highest BCUT2D eigenvalue weighted by atomic mass is 16.5.